The Hall–Kier alpha value is -0.570. The molecule has 86 valence electrons. The van der Waals surface area contributed by atoms with Crippen molar-refractivity contribution in [3.05, 3.63) is 0 Å². The highest BCUT2D eigenvalue weighted by atomic mass is 16.5. The molecule has 2 fully saturated rings. The summed E-state index contributed by atoms with van der Waals surface area (Å²) in [6.07, 6.45) is 9.08. The molecule has 0 aromatic rings. The Bertz CT molecular complexity index is 206. The van der Waals surface area contributed by atoms with Gasteiger partial charge in [-0.15, -0.1) is 0 Å². The van der Waals surface area contributed by atoms with Crippen molar-refractivity contribution in [3.8, 4) is 0 Å². The SMILES string of the molecule is O=C(CC[C@H]1CCCO1)NC1CCCC1. The lowest BCUT2D eigenvalue weighted by molar-refractivity contribution is -0.122. The zero-order valence-electron chi connectivity index (χ0n) is 9.34. The van der Waals surface area contributed by atoms with Crippen molar-refractivity contribution in [2.24, 2.45) is 0 Å². The fourth-order valence-electron chi connectivity index (χ4n) is 2.53. The molecule has 3 heteroatoms. The summed E-state index contributed by atoms with van der Waals surface area (Å²) in [5.74, 6) is 0.220. The zero-order valence-corrected chi connectivity index (χ0v) is 9.34. The highest BCUT2D eigenvalue weighted by Gasteiger charge is 2.19. The van der Waals surface area contributed by atoms with Gasteiger partial charge in [-0.25, -0.2) is 0 Å². The third-order valence-electron chi connectivity index (χ3n) is 3.44. The number of ether oxygens (including phenoxy) is 1. The number of hydrogen-bond donors (Lipinski definition) is 1. The third kappa shape index (κ3) is 3.49. The average molecular weight is 211 g/mol. The Morgan fingerprint density at radius 3 is 2.67 bits per heavy atom. The molecular weight excluding hydrogens is 190 g/mol. The monoisotopic (exact) mass is 211 g/mol. The van der Waals surface area contributed by atoms with Gasteiger partial charge in [-0.1, -0.05) is 12.8 Å². The van der Waals surface area contributed by atoms with E-state index in [1.54, 1.807) is 0 Å². The summed E-state index contributed by atoms with van der Waals surface area (Å²) in [7, 11) is 0. The summed E-state index contributed by atoms with van der Waals surface area (Å²) in [5.41, 5.74) is 0. The van der Waals surface area contributed by atoms with Crippen LogP contribution in [-0.2, 0) is 9.53 Å². The third-order valence-corrected chi connectivity index (χ3v) is 3.44. The van der Waals surface area contributed by atoms with E-state index in [1.165, 1.54) is 25.7 Å². The van der Waals surface area contributed by atoms with Crippen LogP contribution in [0.15, 0.2) is 0 Å². The lowest BCUT2D eigenvalue weighted by Crippen LogP contribution is -2.32. The molecular formula is C12H21NO2. The smallest absolute Gasteiger partial charge is 0.220 e. The van der Waals surface area contributed by atoms with Gasteiger partial charge in [0.05, 0.1) is 6.10 Å². The second-order valence-electron chi connectivity index (χ2n) is 4.72. The van der Waals surface area contributed by atoms with E-state index in [-0.39, 0.29) is 5.91 Å². The molecule has 0 aromatic heterocycles. The van der Waals surface area contributed by atoms with E-state index in [1.807, 2.05) is 0 Å². The van der Waals surface area contributed by atoms with Gasteiger partial charge in [0.2, 0.25) is 5.91 Å². The summed E-state index contributed by atoms with van der Waals surface area (Å²) < 4.78 is 5.49. The summed E-state index contributed by atoms with van der Waals surface area (Å²) in [5, 5.41) is 3.11. The molecule has 0 bridgehead atoms. The fraction of sp³-hybridized carbons (Fsp3) is 0.917. The summed E-state index contributed by atoms with van der Waals surface area (Å²) in [6.45, 7) is 0.884. The highest BCUT2D eigenvalue weighted by Crippen LogP contribution is 2.19. The van der Waals surface area contributed by atoms with Crippen molar-refractivity contribution >= 4 is 5.91 Å². The van der Waals surface area contributed by atoms with Crippen LogP contribution in [-0.4, -0.2) is 24.7 Å². The summed E-state index contributed by atoms with van der Waals surface area (Å²) in [4.78, 5) is 11.6. The van der Waals surface area contributed by atoms with Gasteiger partial charge in [0.1, 0.15) is 0 Å². The molecule has 2 rings (SSSR count). The van der Waals surface area contributed by atoms with Gasteiger partial charge in [0.15, 0.2) is 0 Å². The standard InChI is InChI=1S/C12H21NO2/c14-12(13-10-4-1-2-5-10)8-7-11-6-3-9-15-11/h10-11H,1-9H2,(H,13,14)/t11-/m1/s1. The first kappa shape index (κ1) is 10.9. The number of amides is 1. The van der Waals surface area contributed by atoms with Crippen LogP contribution >= 0.6 is 0 Å². The first-order valence-corrected chi connectivity index (χ1v) is 6.25. The van der Waals surface area contributed by atoms with E-state index in [0.29, 0.717) is 18.6 Å². The Balaban J connectivity index is 1.59. The predicted octanol–water partition coefficient (Wildman–Crippen LogP) is 2.00. The second kappa shape index (κ2) is 5.50. The number of nitrogens with one attached hydrogen (secondary N) is 1. The number of carbonyl (C=O) groups is 1. The first-order chi connectivity index (χ1) is 7.34. The van der Waals surface area contributed by atoms with Gasteiger partial charge >= 0.3 is 0 Å². The zero-order chi connectivity index (χ0) is 10.5. The van der Waals surface area contributed by atoms with Crippen molar-refractivity contribution in [3.63, 3.8) is 0 Å². The second-order valence-corrected chi connectivity index (χ2v) is 4.72. The molecule has 2 aliphatic rings. The van der Waals surface area contributed by atoms with E-state index >= 15 is 0 Å². The first-order valence-electron chi connectivity index (χ1n) is 6.25. The molecule has 1 aliphatic heterocycles. The fourth-order valence-corrected chi connectivity index (χ4v) is 2.53. The maximum atomic E-state index is 11.6. The Labute approximate surface area is 91.6 Å². The van der Waals surface area contributed by atoms with Crippen LogP contribution in [0, 0.1) is 0 Å². The minimum atomic E-state index is 0.220. The molecule has 1 atom stereocenters. The van der Waals surface area contributed by atoms with Crippen LogP contribution in [0.4, 0.5) is 0 Å². The van der Waals surface area contributed by atoms with E-state index in [9.17, 15) is 4.79 Å². The molecule has 0 radical (unpaired) electrons. The van der Waals surface area contributed by atoms with Gasteiger partial charge in [0.25, 0.3) is 0 Å². The minimum Gasteiger partial charge on any atom is -0.378 e. The molecule has 3 nitrogen and oxygen atoms in total. The summed E-state index contributed by atoms with van der Waals surface area (Å²) in [6, 6.07) is 0.460. The van der Waals surface area contributed by atoms with Crippen molar-refractivity contribution in [2.75, 3.05) is 6.61 Å². The molecule has 1 saturated heterocycles. The van der Waals surface area contributed by atoms with Gasteiger partial charge in [-0.2, -0.15) is 0 Å². The van der Waals surface area contributed by atoms with Gasteiger partial charge in [-0.05, 0) is 32.1 Å². The lowest BCUT2D eigenvalue weighted by Gasteiger charge is -2.13. The van der Waals surface area contributed by atoms with Gasteiger partial charge in [-0.3, -0.25) is 4.79 Å². The molecule has 0 spiro atoms. The van der Waals surface area contributed by atoms with E-state index in [4.69, 9.17) is 4.74 Å². The predicted molar refractivity (Wildman–Crippen MR) is 58.6 cm³/mol. The van der Waals surface area contributed by atoms with Crippen molar-refractivity contribution in [2.45, 2.75) is 63.5 Å². The van der Waals surface area contributed by atoms with Crippen molar-refractivity contribution in [1.29, 1.82) is 0 Å². The molecule has 1 saturated carbocycles. The van der Waals surface area contributed by atoms with E-state index < -0.39 is 0 Å². The molecule has 1 aliphatic carbocycles. The van der Waals surface area contributed by atoms with Crippen LogP contribution < -0.4 is 5.32 Å². The highest BCUT2D eigenvalue weighted by molar-refractivity contribution is 5.76. The number of rotatable bonds is 4. The average Bonchev–Trinajstić information content (AvgIpc) is 2.86. The van der Waals surface area contributed by atoms with Crippen LogP contribution in [0.5, 0.6) is 0 Å². The van der Waals surface area contributed by atoms with E-state index in [2.05, 4.69) is 5.32 Å². The Morgan fingerprint density at radius 2 is 2.00 bits per heavy atom. The molecule has 1 heterocycles. The topological polar surface area (TPSA) is 38.3 Å². The van der Waals surface area contributed by atoms with Crippen LogP contribution in [0.1, 0.15) is 51.4 Å². The van der Waals surface area contributed by atoms with E-state index in [0.717, 1.165) is 25.9 Å². The number of hydrogen-bond acceptors (Lipinski definition) is 2. The molecule has 1 amide bonds. The quantitative estimate of drug-likeness (QED) is 0.772. The van der Waals surface area contributed by atoms with Crippen molar-refractivity contribution in [1.82, 2.24) is 5.32 Å². The van der Waals surface area contributed by atoms with Crippen LogP contribution in [0.25, 0.3) is 0 Å². The van der Waals surface area contributed by atoms with Crippen LogP contribution in [0.3, 0.4) is 0 Å². The van der Waals surface area contributed by atoms with Crippen molar-refractivity contribution < 1.29 is 9.53 Å². The maximum Gasteiger partial charge on any atom is 0.220 e. The molecule has 0 aromatic carbocycles. The largest absolute Gasteiger partial charge is 0.378 e. The molecule has 0 unspecified atom stereocenters. The van der Waals surface area contributed by atoms with Crippen LogP contribution in [0.2, 0.25) is 0 Å². The number of carbonyl (C=O) groups excluding carboxylic acids is 1. The lowest BCUT2D eigenvalue weighted by atomic mass is 10.1. The Morgan fingerprint density at radius 1 is 1.20 bits per heavy atom. The molecule has 15 heavy (non-hydrogen) atoms. The van der Waals surface area contributed by atoms with Gasteiger partial charge in [0, 0.05) is 19.1 Å². The Kier molecular flexibility index (Phi) is 4.01. The maximum absolute atomic E-state index is 11.6. The normalized spacial score (nSPS) is 27.1. The molecule has 1 N–H and O–H groups in total. The van der Waals surface area contributed by atoms with Gasteiger partial charge < -0.3 is 10.1 Å². The summed E-state index contributed by atoms with van der Waals surface area (Å²) >= 11 is 0. The minimum absolute atomic E-state index is 0.220.